The van der Waals surface area contributed by atoms with Gasteiger partial charge < -0.3 is 10.5 Å². The van der Waals surface area contributed by atoms with Crippen molar-refractivity contribution in [1.82, 2.24) is 9.78 Å². The SMILES string of the molecule is COc1cc(C)cc(C)c1-c1cn(C)nc1CN. The van der Waals surface area contributed by atoms with Crippen LogP contribution in [0.4, 0.5) is 0 Å². The molecule has 1 aromatic carbocycles. The van der Waals surface area contributed by atoms with Crippen LogP contribution in [0.25, 0.3) is 11.1 Å². The van der Waals surface area contributed by atoms with Crippen molar-refractivity contribution in [2.45, 2.75) is 20.4 Å². The van der Waals surface area contributed by atoms with Crippen LogP contribution in [0.2, 0.25) is 0 Å². The maximum atomic E-state index is 5.76. The van der Waals surface area contributed by atoms with Crippen LogP contribution in [0.1, 0.15) is 16.8 Å². The molecule has 0 bridgehead atoms. The maximum Gasteiger partial charge on any atom is 0.127 e. The number of ether oxygens (including phenoxy) is 1. The smallest absolute Gasteiger partial charge is 0.127 e. The van der Waals surface area contributed by atoms with Crippen molar-refractivity contribution in [3.63, 3.8) is 0 Å². The second-order valence-electron chi connectivity index (χ2n) is 4.53. The minimum Gasteiger partial charge on any atom is -0.496 e. The van der Waals surface area contributed by atoms with E-state index in [1.165, 1.54) is 11.1 Å². The van der Waals surface area contributed by atoms with Crippen molar-refractivity contribution in [3.05, 3.63) is 35.2 Å². The molecule has 0 radical (unpaired) electrons. The van der Waals surface area contributed by atoms with Crippen LogP contribution >= 0.6 is 0 Å². The standard InChI is InChI=1S/C14H19N3O/c1-9-5-10(2)14(13(6-9)18-4)11-8-17(3)16-12(11)7-15/h5-6,8H,7,15H2,1-4H3. The quantitative estimate of drug-likeness (QED) is 0.901. The van der Waals surface area contributed by atoms with Gasteiger partial charge >= 0.3 is 0 Å². The summed E-state index contributed by atoms with van der Waals surface area (Å²) in [5, 5.41) is 4.38. The Morgan fingerprint density at radius 1 is 1.33 bits per heavy atom. The third kappa shape index (κ3) is 2.11. The summed E-state index contributed by atoms with van der Waals surface area (Å²) in [5.41, 5.74) is 11.1. The van der Waals surface area contributed by atoms with Crippen molar-refractivity contribution >= 4 is 0 Å². The predicted molar refractivity (Wildman–Crippen MR) is 72.6 cm³/mol. The lowest BCUT2D eigenvalue weighted by Crippen LogP contribution is -2.01. The number of nitrogens with zero attached hydrogens (tertiary/aromatic N) is 2. The molecule has 1 heterocycles. The highest BCUT2D eigenvalue weighted by molar-refractivity contribution is 5.75. The summed E-state index contributed by atoms with van der Waals surface area (Å²) in [6.45, 7) is 4.57. The Balaban J connectivity index is 2.69. The zero-order valence-electron chi connectivity index (χ0n) is 11.3. The van der Waals surface area contributed by atoms with Gasteiger partial charge in [0.25, 0.3) is 0 Å². The van der Waals surface area contributed by atoms with Crippen LogP contribution in [-0.4, -0.2) is 16.9 Å². The summed E-state index contributed by atoms with van der Waals surface area (Å²) in [5.74, 6) is 0.871. The summed E-state index contributed by atoms with van der Waals surface area (Å²) >= 11 is 0. The fourth-order valence-electron chi connectivity index (χ4n) is 2.33. The van der Waals surface area contributed by atoms with E-state index in [9.17, 15) is 0 Å². The largest absolute Gasteiger partial charge is 0.496 e. The molecule has 2 aromatic rings. The number of benzene rings is 1. The van der Waals surface area contributed by atoms with E-state index in [1.54, 1.807) is 11.8 Å². The molecule has 0 spiro atoms. The van der Waals surface area contributed by atoms with Crippen molar-refractivity contribution < 1.29 is 4.74 Å². The molecule has 0 fully saturated rings. The Bertz CT molecular complexity index is 573. The van der Waals surface area contributed by atoms with Crippen molar-refractivity contribution in [2.24, 2.45) is 12.8 Å². The topological polar surface area (TPSA) is 53.1 Å². The van der Waals surface area contributed by atoms with Gasteiger partial charge in [0.05, 0.1) is 12.8 Å². The third-order valence-electron chi connectivity index (χ3n) is 3.03. The Hall–Kier alpha value is -1.81. The molecule has 0 amide bonds. The van der Waals surface area contributed by atoms with Gasteiger partial charge in [-0.3, -0.25) is 4.68 Å². The molecule has 96 valence electrons. The molecule has 0 saturated carbocycles. The van der Waals surface area contributed by atoms with Gasteiger partial charge in [-0.05, 0) is 31.0 Å². The minimum atomic E-state index is 0.423. The van der Waals surface area contributed by atoms with Crippen LogP contribution in [-0.2, 0) is 13.6 Å². The lowest BCUT2D eigenvalue weighted by molar-refractivity contribution is 0.416. The van der Waals surface area contributed by atoms with Crippen molar-refractivity contribution in [2.75, 3.05) is 7.11 Å². The summed E-state index contributed by atoms with van der Waals surface area (Å²) in [4.78, 5) is 0. The summed E-state index contributed by atoms with van der Waals surface area (Å²) in [7, 11) is 3.59. The number of rotatable bonds is 3. The molecule has 0 aliphatic carbocycles. The van der Waals surface area contributed by atoms with E-state index < -0.39 is 0 Å². The molecule has 18 heavy (non-hydrogen) atoms. The molecule has 0 aliphatic rings. The van der Waals surface area contributed by atoms with Crippen LogP contribution in [0.15, 0.2) is 18.3 Å². The van der Waals surface area contributed by atoms with E-state index in [1.807, 2.05) is 19.3 Å². The molecule has 2 N–H and O–H groups in total. The first kappa shape index (κ1) is 12.6. The first-order valence-corrected chi connectivity index (χ1v) is 5.95. The Kier molecular flexibility index (Phi) is 3.39. The summed E-state index contributed by atoms with van der Waals surface area (Å²) < 4.78 is 7.28. The highest BCUT2D eigenvalue weighted by Gasteiger charge is 2.16. The number of aryl methyl sites for hydroxylation is 3. The number of aromatic nitrogens is 2. The molecule has 0 atom stereocenters. The monoisotopic (exact) mass is 245 g/mol. The van der Waals surface area contributed by atoms with Crippen LogP contribution in [0.3, 0.4) is 0 Å². The van der Waals surface area contributed by atoms with Crippen LogP contribution in [0.5, 0.6) is 5.75 Å². The van der Waals surface area contributed by atoms with Gasteiger partial charge in [-0.15, -0.1) is 0 Å². The molecule has 2 rings (SSSR count). The Morgan fingerprint density at radius 2 is 2.06 bits per heavy atom. The van der Waals surface area contributed by atoms with Gasteiger partial charge in [0, 0.05) is 30.9 Å². The predicted octanol–water partition coefficient (Wildman–Crippen LogP) is 2.17. The molecular formula is C14H19N3O. The number of hydrogen-bond acceptors (Lipinski definition) is 3. The second kappa shape index (κ2) is 4.82. The zero-order valence-corrected chi connectivity index (χ0v) is 11.3. The van der Waals surface area contributed by atoms with Gasteiger partial charge in [0.2, 0.25) is 0 Å². The number of nitrogens with two attached hydrogens (primary N) is 1. The zero-order chi connectivity index (χ0) is 13.3. The van der Waals surface area contributed by atoms with Gasteiger partial charge in [0.15, 0.2) is 0 Å². The maximum absolute atomic E-state index is 5.76. The van der Waals surface area contributed by atoms with Crippen LogP contribution < -0.4 is 10.5 Å². The Labute approximate surface area is 107 Å². The van der Waals surface area contributed by atoms with Gasteiger partial charge in [0.1, 0.15) is 5.75 Å². The van der Waals surface area contributed by atoms with E-state index in [2.05, 4.69) is 25.0 Å². The molecule has 4 nitrogen and oxygen atoms in total. The molecule has 4 heteroatoms. The first-order valence-electron chi connectivity index (χ1n) is 5.95. The summed E-state index contributed by atoms with van der Waals surface area (Å²) in [6, 6.07) is 4.18. The first-order chi connectivity index (χ1) is 8.56. The molecule has 0 aliphatic heterocycles. The molecule has 1 aromatic heterocycles. The lowest BCUT2D eigenvalue weighted by atomic mass is 9.98. The Morgan fingerprint density at radius 3 is 2.67 bits per heavy atom. The van der Waals surface area contributed by atoms with Gasteiger partial charge in [-0.1, -0.05) is 6.07 Å². The van der Waals surface area contributed by atoms with E-state index in [0.717, 1.165) is 22.6 Å². The third-order valence-corrected chi connectivity index (χ3v) is 3.03. The highest BCUT2D eigenvalue weighted by Crippen LogP contribution is 2.35. The fraction of sp³-hybridized carbons (Fsp3) is 0.357. The lowest BCUT2D eigenvalue weighted by Gasteiger charge is -2.12. The van der Waals surface area contributed by atoms with E-state index in [0.29, 0.717) is 6.54 Å². The van der Waals surface area contributed by atoms with E-state index in [4.69, 9.17) is 10.5 Å². The molecule has 0 saturated heterocycles. The minimum absolute atomic E-state index is 0.423. The summed E-state index contributed by atoms with van der Waals surface area (Å²) in [6.07, 6.45) is 1.99. The van der Waals surface area contributed by atoms with Crippen LogP contribution in [0, 0.1) is 13.8 Å². The second-order valence-corrected chi connectivity index (χ2v) is 4.53. The van der Waals surface area contributed by atoms with Gasteiger partial charge in [-0.25, -0.2) is 0 Å². The fourth-order valence-corrected chi connectivity index (χ4v) is 2.33. The average molecular weight is 245 g/mol. The number of hydrogen-bond donors (Lipinski definition) is 1. The van der Waals surface area contributed by atoms with Crippen molar-refractivity contribution in [3.8, 4) is 16.9 Å². The van der Waals surface area contributed by atoms with E-state index in [-0.39, 0.29) is 0 Å². The average Bonchev–Trinajstić information content (AvgIpc) is 2.68. The normalized spacial score (nSPS) is 10.7. The van der Waals surface area contributed by atoms with Crippen molar-refractivity contribution in [1.29, 1.82) is 0 Å². The highest BCUT2D eigenvalue weighted by atomic mass is 16.5. The van der Waals surface area contributed by atoms with Gasteiger partial charge in [-0.2, -0.15) is 5.10 Å². The molecular weight excluding hydrogens is 226 g/mol. The number of methoxy groups -OCH3 is 1. The molecule has 0 unspecified atom stereocenters. The van der Waals surface area contributed by atoms with E-state index >= 15 is 0 Å².